The molecule has 1 aliphatic heterocycles. The molecule has 2 aromatic rings. The number of para-hydroxylation sites is 1. The molecule has 1 aliphatic rings. The maximum absolute atomic E-state index is 11.7. The standard InChI is InChI=1S/C24H32N2O4/c1-3-7-22-23(11-10-21(18(2)27)24(22)29)30-17-20(28)16-25-12-14-26(15-13-25)19-8-5-4-6-9-19/h4-6,8-11,20,28-29H,3,7,12-17H2,1-2H3/t20-/m0/s1. The fraction of sp³-hybridized carbons (Fsp3) is 0.458. The summed E-state index contributed by atoms with van der Waals surface area (Å²) in [4.78, 5) is 16.3. The Morgan fingerprint density at radius 3 is 2.43 bits per heavy atom. The third-order valence-electron chi connectivity index (χ3n) is 5.51. The molecule has 0 bridgehead atoms. The van der Waals surface area contributed by atoms with Gasteiger partial charge >= 0.3 is 0 Å². The second-order valence-corrected chi connectivity index (χ2v) is 7.83. The highest BCUT2D eigenvalue weighted by Crippen LogP contribution is 2.33. The fourth-order valence-electron chi connectivity index (χ4n) is 3.89. The Hall–Kier alpha value is -2.57. The highest BCUT2D eigenvalue weighted by Gasteiger charge is 2.21. The van der Waals surface area contributed by atoms with Gasteiger partial charge < -0.3 is 19.8 Å². The van der Waals surface area contributed by atoms with Crippen LogP contribution in [0.3, 0.4) is 0 Å². The largest absolute Gasteiger partial charge is 0.507 e. The van der Waals surface area contributed by atoms with E-state index >= 15 is 0 Å². The Morgan fingerprint density at radius 1 is 1.10 bits per heavy atom. The number of phenols is 1. The number of aliphatic hydroxyl groups excluding tert-OH is 1. The lowest BCUT2D eigenvalue weighted by atomic mass is 10.0. The van der Waals surface area contributed by atoms with Gasteiger partial charge in [-0.1, -0.05) is 31.5 Å². The van der Waals surface area contributed by atoms with Crippen LogP contribution >= 0.6 is 0 Å². The molecule has 0 radical (unpaired) electrons. The van der Waals surface area contributed by atoms with Gasteiger partial charge in [-0.25, -0.2) is 0 Å². The van der Waals surface area contributed by atoms with Gasteiger partial charge in [0.05, 0.1) is 5.56 Å². The van der Waals surface area contributed by atoms with Crippen molar-refractivity contribution in [1.82, 2.24) is 4.90 Å². The summed E-state index contributed by atoms with van der Waals surface area (Å²) in [5, 5.41) is 20.9. The van der Waals surface area contributed by atoms with E-state index < -0.39 is 6.10 Å². The van der Waals surface area contributed by atoms with Gasteiger partial charge in [0, 0.05) is 44.0 Å². The van der Waals surface area contributed by atoms with E-state index in [1.54, 1.807) is 12.1 Å². The lowest BCUT2D eigenvalue weighted by molar-refractivity contribution is 0.0658. The second kappa shape index (κ2) is 10.5. The molecule has 1 atom stereocenters. The number of ketones is 1. The number of benzene rings is 2. The van der Waals surface area contributed by atoms with Crippen molar-refractivity contribution in [3.63, 3.8) is 0 Å². The van der Waals surface area contributed by atoms with E-state index in [-0.39, 0.29) is 18.1 Å². The van der Waals surface area contributed by atoms with E-state index in [2.05, 4.69) is 34.1 Å². The minimum absolute atomic E-state index is 0.00614. The summed E-state index contributed by atoms with van der Waals surface area (Å²) >= 11 is 0. The molecule has 2 N–H and O–H groups in total. The third kappa shape index (κ3) is 5.52. The van der Waals surface area contributed by atoms with Crippen molar-refractivity contribution in [2.75, 3.05) is 44.2 Å². The van der Waals surface area contributed by atoms with Crippen molar-refractivity contribution in [2.24, 2.45) is 0 Å². The monoisotopic (exact) mass is 412 g/mol. The van der Waals surface area contributed by atoms with Gasteiger partial charge in [-0.15, -0.1) is 0 Å². The molecule has 1 saturated heterocycles. The number of carbonyl (C=O) groups excluding carboxylic acids is 1. The average Bonchev–Trinajstić information content (AvgIpc) is 2.75. The first kappa shape index (κ1) is 22.1. The minimum Gasteiger partial charge on any atom is -0.507 e. The van der Waals surface area contributed by atoms with Gasteiger partial charge in [0.1, 0.15) is 24.2 Å². The lowest BCUT2D eigenvalue weighted by Gasteiger charge is -2.36. The molecule has 1 heterocycles. The quantitative estimate of drug-likeness (QED) is 0.617. The molecule has 0 saturated carbocycles. The Kier molecular flexibility index (Phi) is 7.71. The zero-order valence-corrected chi connectivity index (χ0v) is 17.9. The molecule has 0 spiro atoms. The minimum atomic E-state index is -0.627. The molecule has 1 fully saturated rings. The molecule has 0 aromatic heterocycles. The SMILES string of the molecule is CCCc1c(OC[C@@H](O)CN2CCN(c3ccccc3)CC2)ccc(C(C)=O)c1O. The molecule has 162 valence electrons. The van der Waals surface area contributed by atoms with Gasteiger partial charge in [0.25, 0.3) is 0 Å². The van der Waals surface area contributed by atoms with Crippen LogP contribution in [0.1, 0.15) is 36.2 Å². The molecule has 0 amide bonds. The highest BCUT2D eigenvalue weighted by molar-refractivity contribution is 5.97. The van der Waals surface area contributed by atoms with E-state index in [0.29, 0.717) is 29.8 Å². The molecular weight excluding hydrogens is 380 g/mol. The topological polar surface area (TPSA) is 73.2 Å². The average molecular weight is 413 g/mol. The van der Waals surface area contributed by atoms with Gasteiger partial charge in [-0.2, -0.15) is 0 Å². The number of aliphatic hydroxyl groups is 1. The smallest absolute Gasteiger partial charge is 0.163 e. The molecule has 30 heavy (non-hydrogen) atoms. The van der Waals surface area contributed by atoms with E-state index in [1.807, 2.05) is 13.0 Å². The summed E-state index contributed by atoms with van der Waals surface area (Å²) in [6.45, 7) is 7.78. The normalized spacial score (nSPS) is 15.8. The summed E-state index contributed by atoms with van der Waals surface area (Å²) in [5.41, 5.74) is 2.18. The van der Waals surface area contributed by atoms with Crippen molar-refractivity contribution < 1.29 is 19.7 Å². The van der Waals surface area contributed by atoms with E-state index in [0.717, 1.165) is 32.6 Å². The number of carbonyl (C=O) groups is 1. The van der Waals surface area contributed by atoms with Crippen LogP contribution in [0.25, 0.3) is 0 Å². The zero-order valence-electron chi connectivity index (χ0n) is 17.9. The number of piperazine rings is 1. The fourth-order valence-corrected chi connectivity index (χ4v) is 3.89. The van der Waals surface area contributed by atoms with Crippen LogP contribution in [0, 0.1) is 0 Å². The van der Waals surface area contributed by atoms with E-state index in [9.17, 15) is 15.0 Å². The summed E-state index contributed by atoms with van der Waals surface area (Å²) in [5.74, 6) is 0.353. The van der Waals surface area contributed by atoms with Crippen molar-refractivity contribution in [1.29, 1.82) is 0 Å². The van der Waals surface area contributed by atoms with Gasteiger partial charge in [-0.3, -0.25) is 9.69 Å². The first-order valence-electron chi connectivity index (χ1n) is 10.7. The van der Waals surface area contributed by atoms with Crippen LogP contribution in [0.15, 0.2) is 42.5 Å². The zero-order chi connectivity index (χ0) is 21.5. The van der Waals surface area contributed by atoms with Crippen LogP contribution < -0.4 is 9.64 Å². The van der Waals surface area contributed by atoms with Crippen molar-refractivity contribution in [3.05, 3.63) is 53.6 Å². The van der Waals surface area contributed by atoms with E-state index in [4.69, 9.17) is 4.74 Å². The lowest BCUT2D eigenvalue weighted by Crippen LogP contribution is -2.49. The van der Waals surface area contributed by atoms with Crippen LogP contribution in [0.5, 0.6) is 11.5 Å². The summed E-state index contributed by atoms with van der Waals surface area (Å²) in [7, 11) is 0. The number of Topliss-reactive ketones (excluding diaryl/α,β-unsaturated/α-hetero) is 1. The van der Waals surface area contributed by atoms with Crippen molar-refractivity contribution in [3.8, 4) is 11.5 Å². The Bertz CT molecular complexity index is 833. The van der Waals surface area contributed by atoms with Crippen molar-refractivity contribution in [2.45, 2.75) is 32.8 Å². The van der Waals surface area contributed by atoms with Gasteiger partial charge in [-0.05, 0) is 37.6 Å². The number of hydrogen-bond donors (Lipinski definition) is 2. The number of nitrogens with zero attached hydrogens (tertiary/aromatic N) is 2. The molecule has 0 aliphatic carbocycles. The number of β-amino-alcohol motifs (C(OH)–C–C–N with tert-alkyl or cyclic N) is 1. The maximum Gasteiger partial charge on any atom is 0.163 e. The number of anilines is 1. The number of ether oxygens (including phenoxy) is 1. The third-order valence-corrected chi connectivity index (χ3v) is 5.51. The van der Waals surface area contributed by atoms with Gasteiger partial charge in [0.2, 0.25) is 0 Å². The number of hydrogen-bond acceptors (Lipinski definition) is 6. The van der Waals surface area contributed by atoms with Crippen LogP contribution in [-0.4, -0.2) is 66.3 Å². The summed E-state index contributed by atoms with van der Waals surface area (Å²) < 4.78 is 5.84. The molecule has 6 heteroatoms. The van der Waals surface area contributed by atoms with Gasteiger partial charge in [0.15, 0.2) is 5.78 Å². The predicted octanol–water partition coefficient (Wildman–Crippen LogP) is 3.11. The molecule has 0 unspecified atom stereocenters. The van der Waals surface area contributed by atoms with Crippen molar-refractivity contribution >= 4 is 11.5 Å². The first-order valence-corrected chi connectivity index (χ1v) is 10.7. The first-order chi connectivity index (χ1) is 14.5. The molecule has 3 rings (SSSR count). The predicted molar refractivity (Wildman–Crippen MR) is 119 cm³/mol. The number of phenolic OH excluding ortho intramolecular Hbond substituents is 1. The second-order valence-electron chi connectivity index (χ2n) is 7.83. The molecule has 6 nitrogen and oxygen atoms in total. The number of aromatic hydroxyl groups is 1. The summed E-state index contributed by atoms with van der Waals surface area (Å²) in [6.07, 6.45) is 0.802. The molecular formula is C24H32N2O4. The Labute approximate surface area is 178 Å². The summed E-state index contributed by atoms with van der Waals surface area (Å²) in [6, 6.07) is 13.7. The van der Waals surface area contributed by atoms with E-state index in [1.165, 1.54) is 12.6 Å². The molecule has 2 aromatic carbocycles. The van der Waals surface area contributed by atoms with Crippen LogP contribution in [0.2, 0.25) is 0 Å². The highest BCUT2D eigenvalue weighted by atomic mass is 16.5. The number of rotatable bonds is 9. The Morgan fingerprint density at radius 2 is 1.80 bits per heavy atom. The Balaban J connectivity index is 1.52. The maximum atomic E-state index is 11.7. The van der Waals surface area contributed by atoms with Crippen LogP contribution in [-0.2, 0) is 6.42 Å². The van der Waals surface area contributed by atoms with Crippen LogP contribution in [0.4, 0.5) is 5.69 Å².